The largest absolute Gasteiger partial charge is 0.417 e. The van der Waals surface area contributed by atoms with E-state index in [4.69, 9.17) is 11.1 Å². The van der Waals surface area contributed by atoms with Gasteiger partial charge in [-0.25, -0.2) is 8.42 Å². The summed E-state index contributed by atoms with van der Waals surface area (Å²) in [7, 11) is -4.34. The van der Waals surface area contributed by atoms with Gasteiger partial charge in [0.15, 0.2) is 0 Å². The molecule has 0 saturated carbocycles. The van der Waals surface area contributed by atoms with E-state index >= 15 is 0 Å². The monoisotopic (exact) mass is 539 g/mol. The molecule has 3 rings (SSSR count). The van der Waals surface area contributed by atoms with Crippen LogP contribution < -0.4 is 16.4 Å². The van der Waals surface area contributed by atoms with Gasteiger partial charge in [0.05, 0.1) is 16.5 Å². The minimum absolute atomic E-state index is 0.0403. The van der Waals surface area contributed by atoms with Crippen molar-refractivity contribution >= 4 is 33.4 Å². The minimum atomic E-state index is -4.93. The number of rotatable bonds is 8. The van der Waals surface area contributed by atoms with E-state index in [0.717, 1.165) is 22.9 Å². The topological polar surface area (TPSA) is 145 Å². The van der Waals surface area contributed by atoms with Crippen LogP contribution in [0.25, 0.3) is 0 Å². The lowest BCUT2D eigenvalue weighted by molar-refractivity contribution is -0.140. The van der Waals surface area contributed by atoms with Gasteiger partial charge in [0, 0.05) is 24.3 Å². The number of amides is 2. The van der Waals surface area contributed by atoms with Crippen molar-refractivity contribution in [1.29, 1.82) is 5.41 Å². The molecule has 0 aromatic heterocycles. The molecular weight excluding hydrogens is 511 g/mol. The van der Waals surface area contributed by atoms with E-state index in [-0.39, 0.29) is 24.5 Å². The van der Waals surface area contributed by atoms with Crippen molar-refractivity contribution in [1.82, 2.24) is 9.62 Å². The first-order valence-electron chi connectivity index (χ1n) is 11.5. The average Bonchev–Trinajstić information content (AvgIpc) is 2.83. The first-order chi connectivity index (χ1) is 17.3. The number of nitrogen functional groups attached to an aromatic ring is 1. The van der Waals surface area contributed by atoms with Crippen molar-refractivity contribution in [3.05, 3.63) is 59.2 Å². The third-order valence-corrected chi connectivity index (χ3v) is 7.88. The van der Waals surface area contributed by atoms with Gasteiger partial charge in [0.25, 0.3) is 0 Å². The van der Waals surface area contributed by atoms with E-state index < -0.39 is 50.9 Å². The number of hydrogen-bond acceptors (Lipinski definition) is 5. The number of benzene rings is 2. The predicted molar refractivity (Wildman–Crippen MR) is 131 cm³/mol. The van der Waals surface area contributed by atoms with Gasteiger partial charge in [-0.1, -0.05) is 12.5 Å². The number of sulfonamides is 1. The molecule has 0 bridgehead atoms. The highest BCUT2D eigenvalue weighted by Crippen LogP contribution is 2.37. The first kappa shape index (κ1) is 28.1. The number of carbonyl (C=O) groups is 2. The minimum Gasteiger partial charge on any atom is -0.384 e. The van der Waals surface area contributed by atoms with Crippen LogP contribution in [-0.4, -0.2) is 43.5 Å². The highest BCUT2D eigenvalue weighted by atomic mass is 32.2. The molecule has 37 heavy (non-hydrogen) atoms. The second kappa shape index (κ2) is 11.3. The Morgan fingerprint density at radius 3 is 2.24 bits per heavy atom. The normalized spacial score (nSPS) is 15.6. The molecule has 0 aliphatic carbocycles. The predicted octanol–water partition coefficient (Wildman–Crippen LogP) is 3.37. The zero-order chi connectivity index (χ0) is 27.4. The summed E-state index contributed by atoms with van der Waals surface area (Å²) in [6, 6.07) is 8.00. The molecule has 5 N–H and O–H groups in total. The molecule has 1 saturated heterocycles. The van der Waals surface area contributed by atoms with Gasteiger partial charge in [-0.3, -0.25) is 15.0 Å². The summed E-state index contributed by atoms with van der Waals surface area (Å²) >= 11 is 0. The van der Waals surface area contributed by atoms with Gasteiger partial charge in [0.1, 0.15) is 12.3 Å². The third kappa shape index (κ3) is 7.07. The second-order valence-corrected chi connectivity index (χ2v) is 10.6. The molecule has 1 fully saturated rings. The lowest BCUT2D eigenvalue weighted by Crippen LogP contribution is -2.36. The zero-order valence-electron chi connectivity index (χ0n) is 20.1. The van der Waals surface area contributed by atoms with Crippen molar-refractivity contribution in [3.8, 4) is 0 Å². The molecule has 9 nitrogen and oxygen atoms in total. The smallest absolute Gasteiger partial charge is 0.384 e. The summed E-state index contributed by atoms with van der Waals surface area (Å²) in [5.74, 6) is -1.53. The lowest BCUT2D eigenvalue weighted by Gasteiger charge is -2.27. The molecule has 2 aromatic carbocycles. The van der Waals surface area contributed by atoms with Gasteiger partial charge in [-0.05, 0) is 61.7 Å². The maximum Gasteiger partial charge on any atom is 0.417 e. The highest BCUT2D eigenvalue weighted by molar-refractivity contribution is 7.89. The average molecular weight is 540 g/mol. The summed E-state index contributed by atoms with van der Waals surface area (Å²) in [5, 5.41) is 12.3. The molecule has 13 heteroatoms. The highest BCUT2D eigenvalue weighted by Gasteiger charge is 2.40. The molecule has 2 aromatic rings. The van der Waals surface area contributed by atoms with Crippen LogP contribution >= 0.6 is 0 Å². The Morgan fingerprint density at radius 2 is 1.68 bits per heavy atom. The Hall–Kier alpha value is -3.45. The number of piperidine rings is 1. The van der Waals surface area contributed by atoms with Crippen LogP contribution in [0.1, 0.15) is 55.3 Å². The molecule has 0 spiro atoms. The van der Waals surface area contributed by atoms with Crippen LogP contribution in [0.4, 0.5) is 18.9 Å². The van der Waals surface area contributed by atoms with E-state index in [1.807, 2.05) is 0 Å². The molecule has 200 valence electrons. The molecule has 2 amide bonds. The molecule has 1 unspecified atom stereocenters. The van der Waals surface area contributed by atoms with Gasteiger partial charge in [0.2, 0.25) is 21.8 Å². The maximum absolute atomic E-state index is 13.9. The Balaban J connectivity index is 1.70. The fraction of sp³-hybridized carbons (Fsp3) is 0.375. The molecular formula is C24H28F3N5O4S. The van der Waals surface area contributed by atoms with Gasteiger partial charge in [-0.15, -0.1) is 0 Å². The van der Waals surface area contributed by atoms with E-state index in [1.54, 1.807) is 0 Å². The summed E-state index contributed by atoms with van der Waals surface area (Å²) in [5.41, 5.74) is 4.94. The number of hydrogen-bond donors (Lipinski definition) is 4. The number of alkyl halides is 3. The van der Waals surface area contributed by atoms with Gasteiger partial charge >= 0.3 is 6.18 Å². The number of amidine groups is 1. The second-order valence-electron chi connectivity index (χ2n) is 8.72. The Bertz CT molecular complexity index is 1270. The van der Waals surface area contributed by atoms with Gasteiger partial charge in [-0.2, -0.15) is 17.5 Å². The summed E-state index contributed by atoms with van der Waals surface area (Å²) in [6.07, 6.45) is -3.54. The van der Waals surface area contributed by atoms with Crippen molar-refractivity contribution in [2.75, 3.05) is 18.4 Å². The van der Waals surface area contributed by atoms with E-state index in [0.29, 0.717) is 24.1 Å². The number of nitrogens with one attached hydrogen (secondary N) is 3. The summed E-state index contributed by atoms with van der Waals surface area (Å²) in [6.45, 7) is 1.76. The van der Waals surface area contributed by atoms with E-state index in [9.17, 15) is 31.2 Å². The van der Waals surface area contributed by atoms with Crippen LogP contribution in [-0.2, 0) is 25.8 Å². The van der Waals surface area contributed by atoms with Crippen LogP contribution in [0.5, 0.6) is 0 Å². The standard InChI is InChI=1S/C24H28F3N5O4S/c1-15(30-21(33)14-22(34)31-18-8-5-16(6-9-18)23(28)29)17-7-10-20(19(13-17)24(25,26)27)37(35,36)32-11-3-2-4-12-32/h5-10,13,15H,2-4,11-12,14H2,1H3,(H3,28,29)(H,30,33)(H,31,34). The molecule has 1 atom stereocenters. The zero-order valence-corrected chi connectivity index (χ0v) is 20.9. The van der Waals surface area contributed by atoms with Crippen LogP contribution in [0, 0.1) is 5.41 Å². The molecule has 1 heterocycles. The fourth-order valence-corrected chi connectivity index (χ4v) is 5.68. The van der Waals surface area contributed by atoms with Crippen LogP contribution in [0.2, 0.25) is 0 Å². The van der Waals surface area contributed by atoms with Crippen LogP contribution in [0.15, 0.2) is 47.4 Å². The van der Waals surface area contributed by atoms with Crippen molar-refractivity contribution in [2.45, 2.75) is 49.7 Å². The van der Waals surface area contributed by atoms with Crippen molar-refractivity contribution in [2.24, 2.45) is 5.73 Å². The Kier molecular flexibility index (Phi) is 8.59. The van der Waals surface area contributed by atoms with Gasteiger partial charge < -0.3 is 16.4 Å². The van der Waals surface area contributed by atoms with Crippen molar-refractivity contribution in [3.63, 3.8) is 0 Å². The number of carbonyl (C=O) groups excluding carboxylic acids is 2. The van der Waals surface area contributed by atoms with E-state index in [2.05, 4.69) is 10.6 Å². The maximum atomic E-state index is 13.9. The number of anilines is 1. The molecule has 0 radical (unpaired) electrons. The van der Waals surface area contributed by atoms with Crippen molar-refractivity contribution < 1.29 is 31.2 Å². The molecule has 1 aliphatic rings. The quantitative estimate of drug-likeness (QED) is 0.231. The summed E-state index contributed by atoms with van der Waals surface area (Å²) in [4.78, 5) is 23.7. The SMILES string of the molecule is CC(NC(=O)CC(=O)Nc1ccc(C(=N)N)cc1)c1ccc(S(=O)(=O)N2CCCCC2)c(C(F)(F)F)c1. The fourth-order valence-electron chi connectivity index (χ4n) is 3.97. The van der Waals surface area contributed by atoms with Crippen LogP contribution in [0.3, 0.4) is 0 Å². The number of halogens is 3. The number of nitrogens with two attached hydrogens (primary N) is 1. The third-order valence-electron chi connectivity index (χ3n) is 5.92. The summed E-state index contributed by atoms with van der Waals surface area (Å²) < 4.78 is 68.5. The Labute approximate surface area is 212 Å². The number of nitrogens with zero attached hydrogens (tertiary/aromatic N) is 1. The molecule has 1 aliphatic heterocycles. The Morgan fingerprint density at radius 1 is 1.05 bits per heavy atom. The van der Waals surface area contributed by atoms with E-state index in [1.165, 1.54) is 37.3 Å². The lowest BCUT2D eigenvalue weighted by atomic mass is 10.0. The first-order valence-corrected chi connectivity index (χ1v) is 13.0.